The van der Waals surface area contributed by atoms with Gasteiger partial charge in [0, 0.05) is 11.3 Å². The van der Waals surface area contributed by atoms with E-state index >= 15 is 0 Å². The Morgan fingerprint density at radius 2 is 2.18 bits per heavy atom. The SMILES string of the molecule is CCOC(=O)Cn1ncc2c1CCCC2N(c1cnc(Oc2ccccc2Cl)c(Br)c1)S(=O)O. The maximum absolute atomic E-state index is 12.5. The van der Waals surface area contributed by atoms with Crippen LogP contribution in [-0.2, 0) is 33.8 Å². The second-order valence-corrected chi connectivity index (χ2v) is 9.60. The smallest absolute Gasteiger partial charge is 0.327 e. The molecule has 2 atom stereocenters. The third kappa shape index (κ3) is 5.27. The Morgan fingerprint density at radius 3 is 2.88 bits per heavy atom. The highest BCUT2D eigenvalue weighted by molar-refractivity contribution is 9.10. The van der Waals surface area contributed by atoms with E-state index in [2.05, 4.69) is 26.0 Å². The van der Waals surface area contributed by atoms with Crippen molar-refractivity contribution in [3.05, 3.63) is 63.5 Å². The molecular formula is C22H22BrClN4O5S. The van der Waals surface area contributed by atoms with Crippen LogP contribution in [0.15, 0.2) is 47.2 Å². The van der Waals surface area contributed by atoms with Gasteiger partial charge in [-0.25, -0.2) is 9.19 Å². The van der Waals surface area contributed by atoms with Gasteiger partial charge in [-0.3, -0.25) is 18.3 Å². The molecule has 3 aromatic rings. The summed E-state index contributed by atoms with van der Waals surface area (Å²) in [6.07, 6.45) is 5.24. The van der Waals surface area contributed by atoms with Gasteiger partial charge in [0.15, 0.2) is 0 Å². The summed E-state index contributed by atoms with van der Waals surface area (Å²) in [6, 6.07) is 8.26. The van der Waals surface area contributed by atoms with Crippen LogP contribution in [0.2, 0.25) is 5.02 Å². The van der Waals surface area contributed by atoms with Gasteiger partial charge in [0.25, 0.3) is 11.3 Å². The number of carbonyl (C=O) groups excluding carboxylic acids is 1. The van der Waals surface area contributed by atoms with Crippen molar-refractivity contribution in [2.45, 2.75) is 38.8 Å². The molecular weight excluding hydrogens is 548 g/mol. The Kier molecular flexibility index (Phi) is 7.87. The van der Waals surface area contributed by atoms with Crippen molar-refractivity contribution in [1.29, 1.82) is 0 Å². The van der Waals surface area contributed by atoms with Crippen molar-refractivity contribution in [2.75, 3.05) is 10.9 Å². The quantitative estimate of drug-likeness (QED) is 0.298. The molecule has 1 aromatic carbocycles. The van der Waals surface area contributed by atoms with Crippen LogP contribution in [0.4, 0.5) is 5.69 Å². The predicted octanol–water partition coefficient (Wildman–Crippen LogP) is 5.07. The summed E-state index contributed by atoms with van der Waals surface area (Å²) in [5.74, 6) is 0.339. The van der Waals surface area contributed by atoms with Gasteiger partial charge in [-0.05, 0) is 60.3 Å². The monoisotopic (exact) mass is 568 g/mol. The van der Waals surface area contributed by atoms with Crippen LogP contribution in [0.25, 0.3) is 0 Å². The molecule has 9 nitrogen and oxygen atoms in total. The lowest BCUT2D eigenvalue weighted by atomic mass is 9.92. The van der Waals surface area contributed by atoms with Crippen molar-refractivity contribution in [3.63, 3.8) is 0 Å². The molecule has 0 spiro atoms. The van der Waals surface area contributed by atoms with Gasteiger partial charge < -0.3 is 9.47 Å². The van der Waals surface area contributed by atoms with Gasteiger partial charge in [0.1, 0.15) is 12.3 Å². The van der Waals surface area contributed by atoms with Crippen molar-refractivity contribution in [1.82, 2.24) is 14.8 Å². The van der Waals surface area contributed by atoms with Crippen LogP contribution in [0.1, 0.15) is 37.1 Å². The third-order valence-corrected chi connectivity index (χ3v) is 7.04. The lowest BCUT2D eigenvalue weighted by Gasteiger charge is -2.32. The maximum atomic E-state index is 12.5. The van der Waals surface area contributed by atoms with Crippen molar-refractivity contribution < 1.29 is 23.0 Å². The molecule has 0 amide bonds. The van der Waals surface area contributed by atoms with Gasteiger partial charge in [0.05, 0.1) is 40.2 Å². The summed E-state index contributed by atoms with van der Waals surface area (Å²) in [4.78, 5) is 16.3. The zero-order chi connectivity index (χ0) is 24.2. The molecule has 0 bridgehead atoms. The Balaban J connectivity index is 1.62. The molecule has 2 heterocycles. The van der Waals surface area contributed by atoms with Crippen LogP contribution in [0, 0.1) is 0 Å². The van der Waals surface area contributed by atoms with Crippen LogP contribution in [0.3, 0.4) is 0 Å². The van der Waals surface area contributed by atoms with E-state index in [9.17, 15) is 13.6 Å². The van der Waals surface area contributed by atoms with E-state index in [0.717, 1.165) is 17.7 Å². The number of rotatable bonds is 8. The molecule has 1 N–H and O–H groups in total. The molecule has 4 rings (SSSR count). The van der Waals surface area contributed by atoms with E-state index in [1.165, 1.54) is 10.5 Å². The number of anilines is 1. The molecule has 1 aliphatic rings. The molecule has 0 fully saturated rings. The number of ether oxygens (including phenoxy) is 2. The average Bonchev–Trinajstić information content (AvgIpc) is 3.20. The van der Waals surface area contributed by atoms with E-state index in [0.29, 0.717) is 40.4 Å². The number of nitrogens with zero attached hydrogens (tertiary/aromatic N) is 4. The minimum absolute atomic E-state index is 0.000702. The summed E-state index contributed by atoms with van der Waals surface area (Å²) >= 11 is 7.27. The number of halogens is 2. The predicted molar refractivity (Wildman–Crippen MR) is 131 cm³/mol. The first-order valence-corrected chi connectivity index (χ1v) is 12.8. The van der Waals surface area contributed by atoms with E-state index in [4.69, 9.17) is 21.1 Å². The maximum Gasteiger partial charge on any atom is 0.327 e. The fraction of sp³-hybridized carbons (Fsp3) is 0.318. The van der Waals surface area contributed by atoms with E-state index in [-0.39, 0.29) is 18.4 Å². The molecule has 0 saturated heterocycles. The number of hydrogen-bond donors (Lipinski definition) is 1. The topological polar surface area (TPSA) is 107 Å². The molecule has 2 aromatic heterocycles. The number of esters is 1. The van der Waals surface area contributed by atoms with Gasteiger partial charge >= 0.3 is 5.97 Å². The Morgan fingerprint density at radius 1 is 1.38 bits per heavy atom. The number of benzene rings is 1. The molecule has 1 aliphatic carbocycles. The van der Waals surface area contributed by atoms with Gasteiger partial charge in [-0.2, -0.15) is 5.10 Å². The van der Waals surface area contributed by atoms with Crippen LogP contribution in [0.5, 0.6) is 11.6 Å². The lowest BCUT2D eigenvalue weighted by Crippen LogP contribution is -2.33. The summed E-state index contributed by atoms with van der Waals surface area (Å²) in [6.45, 7) is 2.04. The minimum Gasteiger partial charge on any atom is -0.465 e. The molecule has 180 valence electrons. The fourth-order valence-electron chi connectivity index (χ4n) is 3.93. The number of aromatic nitrogens is 3. The van der Waals surface area contributed by atoms with Crippen molar-refractivity contribution in [3.8, 4) is 11.6 Å². The molecule has 0 saturated carbocycles. The summed E-state index contributed by atoms with van der Waals surface area (Å²) in [5.41, 5.74) is 2.08. The summed E-state index contributed by atoms with van der Waals surface area (Å²) in [7, 11) is 0. The van der Waals surface area contributed by atoms with E-state index in [1.807, 2.05) is 0 Å². The Labute approximate surface area is 212 Å². The number of pyridine rings is 1. The number of para-hydroxylation sites is 1. The number of fused-ring (bicyclic) bond motifs is 1. The van der Waals surface area contributed by atoms with Gasteiger partial charge in [0.2, 0.25) is 5.88 Å². The molecule has 0 aliphatic heterocycles. The summed E-state index contributed by atoms with van der Waals surface area (Å²) < 4.78 is 37.0. The Hall–Kier alpha value is -2.47. The van der Waals surface area contributed by atoms with E-state index < -0.39 is 17.3 Å². The highest BCUT2D eigenvalue weighted by Crippen LogP contribution is 2.40. The van der Waals surface area contributed by atoms with Crippen LogP contribution in [-0.4, -0.2) is 36.1 Å². The zero-order valence-corrected chi connectivity index (χ0v) is 21.3. The first kappa shape index (κ1) is 24.6. The molecule has 0 radical (unpaired) electrons. The molecule has 12 heteroatoms. The third-order valence-electron chi connectivity index (χ3n) is 5.36. The van der Waals surface area contributed by atoms with Gasteiger partial charge in [-0.1, -0.05) is 23.7 Å². The highest BCUT2D eigenvalue weighted by atomic mass is 79.9. The second-order valence-electron chi connectivity index (χ2n) is 7.49. The molecule has 2 unspecified atom stereocenters. The number of carbonyl (C=O) groups is 1. The Bertz CT molecular complexity index is 1220. The highest BCUT2D eigenvalue weighted by Gasteiger charge is 2.33. The van der Waals surface area contributed by atoms with Crippen molar-refractivity contribution >= 4 is 50.5 Å². The normalized spacial score (nSPS) is 15.9. The fourth-order valence-corrected chi connectivity index (χ4v) is 5.23. The minimum atomic E-state index is -2.34. The van der Waals surface area contributed by atoms with Crippen LogP contribution >= 0.6 is 27.5 Å². The van der Waals surface area contributed by atoms with Gasteiger partial charge in [-0.15, -0.1) is 0 Å². The second kappa shape index (κ2) is 10.9. The largest absolute Gasteiger partial charge is 0.465 e. The lowest BCUT2D eigenvalue weighted by molar-refractivity contribution is -0.144. The number of hydrogen-bond acceptors (Lipinski definition) is 6. The zero-order valence-electron chi connectivity index (χ0n) is 18.2. The summed E-state index contributed by atoms with van der Waals surface area (Å²) in [5, 5.41) is 4.78. The van der Waals surface area contributed by atoms with Crippen LogP contribution < -0.4 is 9.04 Å². The molecule has 34 heavy (non-hydrogen) atoms. The average molecular weight is 570 g/mol. The standard InChI is InChI=1S/C22H22BrClN4O5S/c1-2-32-21(29)13-27-18-7-5-8-19(15(18)12-26-27)28(34(30)31)14-10-16(23)22(25-11-14)33-20-9-4-3-6-17(20)24/h3-4,6,9-12,19H,2,5,7-8,13H2,1H3,(H,30,31). The first-order chi connectivity index (χ1) is 16.4. The van der Waals surface area contributed by atoms with Crippen molar-refractivity contribution in [2.24, 2.45) is 0 Å². The first-order valence-electron chi connectivity index (χ1n) is 10.6. The van der Waals surface area contributed by atoms with E-state index in [1.54, 1.807) is 48.1 Å².